The zero-order chi connectivity index (χ0) is 25.3. The minimum atomic E-state index is -2.80. The van der Waals surface area contributed by atoms with Crippen LogP contribution in [0.1, 0.15) is 30.7 Å². The van der Waals surface area contributed by atoms with Crippen LogP contribution in [-0.2, 0) is 4.79 Å². The van der Waals surface area contributed by atoms with E-state index in [1.807, 2.05) is 22.0 Å². The van der Waals surface area contributed by atoms with E-state index < -0.39 is 12.2 Å². The lowest BCUT2D eigenvalue weighted by molar-refractivity contribution is -0.117. The Morgan fingerprint density at radius 1 is 1.37 bits per heavy atom. The van der Waals surface area contributed by atoms with E-state index in [1.54, 1.807) is 24.3 Å². The van der Waals surface area contributed by atoms with Gasteiger partial charge in [0.15, 0.2) is 23.1 Å². The summed E-state index contributed by atoms with van der Waals surface area (Å²) >= 11 is 1.99. The normalized spacial score (nSPS) is 14.2. The monoisotopic (exact) mass is 617 g/mol. The summed E-state index contributed by atoms with van der Waals surface area (Å²) in [6, 6.07) is 6.71. The predicted octanol–water partition coefficient (Wildman–Crippen LogP) is 3.69. The predicted molar refractivity (Wildman–Crippen MR) is 141 cm³/mol. The van der Waals surface area contributed by atoms with E-state index in [2.05, 4.69) is 25.7 Å². The number of amidine groups is 1. The van der Waals surface area contributed by atoms with E-state index in [0.717, 1.165) is 18.0 Å². The molecule has 1 aliphatic carbocycles. The van der Waals surface area contributed by atoms with Crippen molar-refractivity contribution in [2.24, 2.45) is 22.6 Å². The van der Waals surface area contributed by atoms with Crippen LogP contribution in [0.5, 0.6) is 5.75 Å². The summed E-state index contributed by atoms with van der Waals surface area (Å²) in [4.78, 5) is 21.0. The van der Waals surface area contributed by atoms with Crippen molar-refractivity contribution >= 4 is 68.5 Å². The standard InChI is InChI=1S/C20H23F2IN9O2P/c1-31(25)30-17(24)10-4-3-5-11(15(10)34-2)26-12-8-13(28-20(33)9-6-7-9)27-18-14(12)29-19(16(21)22)32(18)35-23/h3-5,8-9,16,35H,6-7,25H2,1-2H3,(H2,24,30)(H2,26,27,28,33). The number of hydrazone groups is 1. The number of fused-ring (bicyclic) bond motifs is 1. The van der Waals surface area contributed by atoms with Gasteiger partial charge in [0.25, 0.3) is 6.43 Å². The highest BCUT2D eigenvalue weighted by Gasteiger charge is 2.30. The van der Waals surface area contributed by atoms with Gasteiger partial charge in [-0.3, -0.25) is 9.13 Å². The molecule has 1 atom stereocenters. The van der Waals surface area contributed by atoms with Gasteiger partial charge in [0.2, 0.25) is 5.91 Å². The van der Waals surface area contributed by atoms with Gasteiger partial charge in [-0.25, -0.2) is 29.7 Å². The summed E-state index contributed by atoms with van der Waals surface area (Å²) in [6.45, 7) is 0. The van der Waals surface area contributed by atoms with Gasteiger partial charge in [-0.2, -0.15) is 0 Å². The molecule has 11 nitrogen and oxygen atoms in total. The van der Waals surface area contributed by atoms with Crippen LogP contribution in [-0.4, -0.2) is 45.3 Å². The van der Waals surface area contributed by atoms with Crippen LogP contribution in [0.3, 0.4) is 0 Å². The second-order valence-electron chi connectivity index (χ2n) is 7.75. The van der Waals surface area contributed by atoms with Crippen molar-refractivity contribution in [2.75, 3.05) is 24.8 Å². The minimum Gasteiger partial charge on any atom is -0.494 e. The van der Waals surface area contributed by atoms with E-state index in [9.17, 15) is 13.6 Å². The molecule has 3 aromatic rings. The number of nitrogens with two attached hydrogens (primary N) is 2. The second kappa shape index (κ2) is 10.4. The molecule has 1 aliphatic rings. The third-order valence-electron chi connectivity index (χ3n) is 5.15. The van der Waals surface area contributed by atoms with Crippen molar-refractivity contribution in [3.8, 4) is 5.75 Å². The number of benzene rings is 1. The van der Waals surface area contributed by atoms with E-state index in [1.165, 1.54) is 18.5 Å². The first-order valence-corrected chi connectivity index (χ1v) is 14.5. The number of imidazole rings is 1. The molecule has 0 bridgehead atoms. The van der Waals surface area contributed by atoms with Gasteiger partial charge >= 0.3 is 0 Å². The lowest BCUT2D eigenvalue weighted by Crippen LogP contribution is -2.26. The number of pyridine rings is 1. The molecule has 2 heterocycles. The van der Waals surface area contributed by atoms with Gasteiger partial charge < -0.3 is 21.1 Å². The molecule has 2 aromatic heterocycles. The van der Waals surface area contributed by atoms with Gasteiger partial charge in [-0.05, 0) is 47.0 Å². The Bertz CT molecular complexity index is 1300. The number of nitrogens with one attached hydrogen (secondary N) is 2. The molecule has 35 heavy (non-hydrogen) atoms. The first-order chi connectivity index (χ1) is 16.7. The maximum absolute atomic E-state index is 13.7. The average molecular weight is 617 g/mol. The van der Waals surface area contributed by atoms with Crippen molar-refractivity contribution in [3.63, 3.8) is 0 Å². The number of hydrogen-bond acceptors (Lipinski definition) is 8. The fourth-order valence-electron chi connectivity index (χ4n) is 3.45. The van der Waals surface area contributed by atoms with Crippen LogP contribution >= 0.6 is 28.4 Å². The SMILES string of the molecule is COc1c(Nc2cc(NC(=O)C3CC3)nc3c2nc(C(F)F)n3PI)cccc1/C(N)=N/N(C)N. The number of rotatable bonds is 9. The Morgan fingerprint density at radius 3 is 2.71 bits per heavy atom. The van der Waals surface area contributed by atoms with Gasteiger partial charge in [-0.1, -0.05) is 6.07 Å². The molecular formula is C20H23F2IN9O2P. The minimum absolute atomic E-state index is 0.0587. The summed E-state index contributed by atoms with van der Waals surface area (Å²) in [5, 5.41) is 11.0. The number of nitrogens with zero attached hydrogens (tertiary/aromatic N) is 5. The molecule has 0 radical (unpaired) electrons. The van der Waals surface area contributed by atoms with Crippen LogP contribution < -0.4 is 26.9 Å². The van der Waals surface area contributed by atoms with E-state index in [-0.39, 0.29) is 41.0 Å². The summed E-state index contributed by atoms with van der Waals surface area (Å²) in [5.41, 5.74) is 7.83. The zero-order valence-electron chi connectivity index (χ0n) is 18.7. The fourth-order valence-corrected chi connectivity index (χ4v) is 5.35. The highest BCUT2D eigenvalue weighted by atomic mass is 127. The molecule has 1 saturated carbocycles. The lowest BCUT2D eigenvalue weighted by Gasteiger charge is -2.16. The number of alkyl halides is 2. The molecule has 0 spiro atoms. The number of para-hydroxylation sites is 1. The van der Waals surface area contributed by atoms with Crippen molar-refractivity contribution in [1.29, 1.82) is 0 Å². The average Bonchev–Trinajstić information content (AvgIpc) is 3.59. The van der Waals surface area contributed by atoms with Gasteiger partial charge in [0.1, 0.15) is 11.3 Å². The first-order valence-electron chi connectivity index (χ1n) is 10.4. The molecule has 1 aromatic carbocycles. The third-order valence-corrected chi connectivity index (χ3v) is 7.21. The van der Waals surface area contributed by atoms with Crippen molar-refractivity contribution in [2.45, 2.75) is 19.3 Å². The highest BCUT2D eigenvalue weighted by molar-refractivity contribution is 14.2. The van der Waals surface area contributed by atoms with E-state index >= 15 is 0 Å². The molecule has 0 saturated heterocycles. The van der Waals surface area contributed by atoms with Gasteiger partial charge in [-0.15, -0.1) is 5.10 Å². The van der Waals surface area contributed by atoms with Crippen molar-refractivity contribution in [1.82, 2.24) is 19.4 Å². The van der Waals surface area contributed by atoms with Crippen molar-refractivity contribution in [3.05, 3.63) is 35.7 Å². The largest absolute Gasteiger partial charge is 0.494 e. The number of hydrazine groups is 1. The smallest absolute Gasteiger partial charge is 0.295 e. The fraction of sp³-hybridized carbons (Fsp3) is 0.300. The molecule has 0 aliphatic heterocycles. The molecule has 1 amide bonds. The van der Waals surface area contributed by atoms with Crippen LogP contribution in [0.15, 0.2) is 29.4 Å². The van der Waals surface area contributed by atoms with Crippen molar-refractivity contribution < 1.29 is 18.3 Å². The van der Waals surface area contributed by atoms with E-state index in [4.69, 9.17) is 16.3 Å². The van der Waals surface area contributed by atoms with Crippen LogP contribution in [0, 0.1) is 5.92 Å². The Kier molecular flexibility index (Phi) is 7.52. The summed E-state index contributed by atoms with van der Waals surface area (Å²) in [7, 11) is 2.99. The molecule has 1 unspecified atom stereocenters. The third kappa shape index (κ3) is 5.38. The zero-order valence-corrected chi connectivity index (χ0v) is 21.9. The van der Waals surface area contributed by atoms with Crippen LogP contribution in [0.25, 0.3) is 11.2 Å². The number of carbonyl (C=O) groups excluding carboxylic acids is 1. The summed E-state index contributed by atoms with van der Waals surface area (Å²) in [5.74, 6) is 5.66. The molecule has 1 fully saturated rings. The number of ether oxygens (including phenoxy) is 1. The highest BCUT2D eigenvalue weighted by Crippen LogP contribution is 2.40. The molecule has 4 rings (SSSR count). The Labute approximate surface area is 214 Å². The number of methoxy groups -OCH3 is 1. The first kappa shape index (κ1) is 25.3. The quantitative estimate of drug-likeness (QED) is 0.0710. The number of carbonyl (C=O) groups is 1. The molecular weight excluding hydrogens is 594 g/mol. The number of amides is 1. The number of aromatic nitrogens is 3. The molecule has 6 N–H and O–H groups in total. The second-order valence-corrected chi connectivity index (χ2v) is 9.82. The maximum Gasteiger partial charge on any atom is 0.295 e. The Balaban J connectivity index is 1.84. The summed E-state index contributed by atoms with van der Waals surface area (Å²) < 4.78 is 34.4. The maximum atomic E-state index is 13.7. The molecule has 15 heteroatoms. The van der Waals surface area contributed by atoms with Crippen LogP contribution in [0.2, 0.25) is 0 Å². The summed E-state index contributed by atoms with van der Waals surface area (Å²) in [6.07, 6.45) is -1.25. The number of halogens is 3. The van der Waals surface area contributed by atoms with E-state index in [0.29, 0.717) is 22.7 Å². The Morgan fingerprint density at radius 2 is 2.11 bits per heavy atom. The van der Waals surface area contributed by atoms with Crippen LogP contribution in [0.4, 0.5) is 26.0 Å². The number of anilines is 3. The lowest BCUT2D eigenvalue weighted by atomic mass is 10.1. The molecule has 186 valence electrons. The van der Waals surface area contributed by atoms with Gasteiger partial charge in [0, 0.05) is 19.0 Å². The number of hydrogen-bond donors (Lipinski definition) is 4. The Hall–Kier alpha value is -2.84. The van der Waals surface area contributed by atoms with Gasteiger partial charge in [0.05, 0.1) is 30.4 Å². The topological polar surface area (TPSA) is 149 Å².